The maximum absolute atomic E-state index is 13.5. The van der Waals surface area contributed by atoms with Gasteiger partial charge in [0.15, 0.2) is 11.5 Å². The van der Waals surface area contributed by atoms with Crippen molar-refractivity contribution in [3.05, 3.63) is 71.3 Å². The van der Waals surface area contributed by atoms with Crippen LogP contribution in [0, 0.1) is 12.8 Å². The number of thioether (sulfide) groups is 1. The van der Waals surface area contributed by atoms with Crippen LogP contribution in [0.3, 0.4) is 0 Å². The Morgan fingerprint density at radius 2 is 1.86 bits per heavy atom. The summed E-state index contributed by atoms with van der Waals surface area (Å²) in [7, 11) is 0. The summed E-state index contributed by atoms with van der Waals surface area (Å²) in [5.74, 6) is 0.509. The van der Waals surface area contributed by atoms with Crippen LogP contribution in [-0.4, -0.2) is 51.4 Å². The first-order valence-electron chi connectivity index (χ1n) is 12.5. The molecule has 8 heteroatoms. The summed E-state index contributed by atoms with van der Waals surface area (Å²) >= 11 is 1.45. The molecule has 3 aliphatic rings. The highest BCUT2D eigenvalue weighted by Gasteiger charge is 2.50. The van der Waals surface area contributed by atoms with Crippen molar-refractivity contribution in [2.45, 2.75) is 57.9 Å². The third kappa shape index (κ3) is 5.32. The highest BCUT2D eigenvalue weighted by atomic mass is 32.2. The minimum Gasteiger partial charge on any atom is -0.351 e. The molecule has 7 nitrogen and oxygen atoms in total. The fourth-order valence-corrected chi connectivity index (χ4v) is 6.13. The van der Waals surface area contributed by atoms with Crippen molar-refractivity contribution in [1.82, 2.24) is 20.5 Å². The SMILES string of the molecule is Cc1ccc(CNC(=O)CSC2=NNC3N(CCc4ccccc4)C(=O)C4CCCCC4N23)cc1. The number of carbonyl (C=O) groups is 2. The number of benzene rings is 2. The molecule has 0 bridgehead atoms. The molecule has 2 N–H and O–H groups in total. The van der Waals surface area contributed by atoms with E-state index in [9.17, 15) is 9.59 Å². The van der Waals surface area contributed by atoms with E-state index < -0.39 is 0 Å². The number of carbonyl (C=O) groups excluding carboxylic acids is 2. The predicted octanol–water partition coefficient (Wildman–Crippen LogP) is 3.45. The fourth-order valence-electron chi connectivity index (χ4n) is 5.27. The Labute approximate surface area is 211 Å². The van der Waals surface area contributed by atoms with Gasteiger partial charge in [-0.05, 0) is 37.3 Å². The first kappa shape index (κ1) is 23.7. The molecular weight excluding hydrogens is 458 g/mol. The normalized spacial score (nSPS) is 23.3. The van der Waals surface area contributed by atoms with Crippen molar-refractivity contribution in [2.24, 2.45) is 11.0 Å². The molecule has 5 rings (SSSR count). The van der Waals surface area contributed by atoms with E-state index >= 15 is 0 Å². The zero-order chi connectivity index (χ0) is 24.2. The molecule has 2 fully saturated rings. The number of hydrogen-bond donors (Lipinski definition) is 2. The van der Waals surface area contributed by atoms with Gasteiger partial charge in [0.2, 0.25) is 11.8 Å². The number of aryl methyl sites for hydroxylation is 1. The molecule has 2 aliphatic heterocycles. The second-order valence-electron chi connectivity index (χ2n) is 9.58. The fraction of sp³-hybridized carbons (Fsp3) is 0.444. The lowest BCUT2D eigenvalue weighted by molar-refractivity contribution is -0.155. The largest absolute Gasteiger partial charge is 0.351 e. The summed E-state index contributed by atoms with van der Waals surface area (Å²) in [4.78, 5) is 30.3. The van der Waals surface area contributed by atoms with Crippen LogP contribution < -0.4 is 10.7 Å². The molecule has 184 valence electrons. The van der Waals surface area contributed by atoms with E-state index in [0.29, 0.717) is 18.8 Å². The molecule has 1 saturated heterocycles. The zero-order valence-electron chi connectivity index (χ0n) is 20.2. The average Bonchev–Trinajstić information content (AvgIpc) is 3.31. The number of nitrogens with one attached hydrogen (secondary N) is 2. The summed E-state index contributed by atoms with van der Waals surface area (Å²) in [6.45, 7) is 3.21. The monoisotopic (exact) mass is 491 g/mol. The molecule has 0 spiro atoms. The number of rotatable bonds is 7. The van der Waals surface area contributed by atoms with Crippen molar-refractivity contribution in [1.29, 1.82) is 0 Å². The molecule has 2 aromatic carbocycles. The van der Waals surface area contributed by atoms with Gasteiger partial charge in [-0.1, -0.05) is 84.8 Å². The van der Waals surface area contributed by atoms with Crippen molar-refractivity contribution in [3.8, 4) is 0 Å². The van der Waals surface area contributed by atoms with Crippen molar-refractivity contribution in [3.63, 3.8) is 0 Å². The van der Waals surface area contributed by atoms with E-state index in [2.05, 4.69) is 51.9 Å². The Morgan fingerprint density at radius 3 is 2.66 bits per heavy atom. The van der Waals surface area contributed by atoms with Crippen LogP contribution in [0.15, 0.2) is 59.7 Å². The van der Waals surface area contributed by atoms with Crippen LogP contribution in [0.4, 0.5) is 0 Å². The summed E-state index contributed by atoms with van der Waals surface area (Å²) in [6, 6.07) is 18.6. The first-order valence-corrected chi connectivity index (χ1v) is 13.5. The number of amides is 2. The van der Waals surface area contributed by atoms with Gasteiger partial charge in [-0.25, -0.2) is 0 Å². The number of fused-ring (bicyclic) bond motifs is 3. The summed E-state index contributed by atoms with van der Waals surface area (Å²) in [6.07, 6.45) is 4.65. The van der Waals surface area contributed by atoms with E-state index in [0.717, 1.165) is 42.8 Å². The maximum Gasteiger partial charge on any atom is 0.230 e. The van der Waals surface area contributed by atoms with Gasteiger partial charge >= 0.3 is 0 Å². The minimum absolute atomic E-state index is 0.00293. The highest BCUT2D eigenvalue weighted by Crippen LogP contribution is 2.38. The zero-order valence-corrected chi connectivity index (χ0v) is 21.0. The van der Waals surface area contributed by atoms with E-state index in [1.54, 1.807) is 0 Å². The van der Waals surface area contributed by atoms with Crippen LogP contribution in [0.5, 0.6) is 0 Å². The Kier molecular flexibility index (Phi) is 7.27. The van der Waals surface area contributed by atoms with E-state index in [1.165, 1.54) is 22.9 Å². The van der Waals surface area contributed by atoms with Gasteiger partial charge in [-0.15, -0.1) is 0 Å². The molecule has 3 unspecified atom stereocenters. The summed E-state index contributed by atoms with van der Waals surface area (Å²) in [5, 5.41) is 8.41. The molecular formula is C27H33N5O2S. The van der Waals surface area contributed by atoms with Gasteiger partial charge in [0.05, 0.1) is 11.7 Å². The lowest BCUT2D eigenvalue weighted by atomic mass is 9.81. The molecule has 1 aliphatic carbocycles. The number of nitrogens with zero attached hydrogens (tertiary/aromatic N) is 3. The van der Waals surface area contributed by atoms with Gasteiger partial charge in [0, 0.05) is 19.1 Å². The van der Waals surface area contributed by atoms with Crippen LogP contribution in [-0.2, 0) is 22.6 Å². The smallest absolute Gasteiger partial charge is 0.230 e. The van der Waals surface area contributed by atoms with E-state index in [-0.39, 0.29) is 30.1 Å². The summed E-state index contributed by atoms with van der Waals surface area (Å²) < 4.78 is 0. The molecule has 2 heterocycles. The van der Waals surface area contributed by atoms with E-state index in [4.69, 9.17) is 0 Å². The quantitative estimate of drug-likeness (QED) is 0.621. The van der Waals surface area contributed by atoms with Crippen molar-refractivity contribution in [2.75, 3.05) is 12.3 Å². The second-order valence-corrected chi connectivity index (χ2v) is 10.5. The minimum atomic E-state index is -0.274. The summed E-state index contributed by atoms with van der Waals surface area (Å²) in [5.41, 5.74) is 6.72. The van der Waals surface area contributed by atoms with Crippen LogP contribution in [0.1, 0.15) is 42.4 Å². The third-order valence-electron chi connectivity index (χ3n) is 7.17. The van der Waals surface area contributed by atoms with E-state index in [1.807, 2.05) is 35.2 Å². The predicted molar refractivity (Wildman–Crippen MR) is 139 cm³/mol. The van der Waals surface area contributed by atoms with Gasteiger partial charge in [-0.2, -0.15) is 5.10 Å². The number of hydrogen-bond acceptors (Lipinski definition) is 6. The molecule has 0 aromatic heterocycles. The standard InChI is InChI=1S/C27H33N5O2S/c1-19-11-13-21(14-12-19)17-28-24(33)18-35-27-30-29-26-31(16-15-20-7-3-2-4-8-20)25(34)22-9-5-6-10-23(22)32(26)27/h2-4,7-8,11-14,22-23,26,29H,5-6,9-10,15-18H2,1H3,(H,28,33). The van der Waals surface area contributed by atoms with Crippen LogP contribution in [0.25, 0.3) is 0 Å². The molecule has 3 atom stereocenters. The second kappa shape index (κ2) is 10.7. The topological polar surface area (TPSA) is 77.0 Å². The van der Waals surface area contributed by atoms with Gasteiger partial charge in [0.25, 0.3) is 0 Å². The molecule has 35 heavy (non-hydrogen) atoms. The maximum atomic E-state index is 13.5. The van der Waals surface area contributed by atoms with Gasteiger partial charge < -0.3 is 15.1 Å². The van der Waals surface area contributed by atoms with Crippen LogP contribution in [0.2, 0.25) is 0 Å². The van der Waals surface area contributed by atoms with Crippen molar-refractivity contribution < 1.29 is 9.59 Å². The van der Waals surface area contributed by atoms with Crippen LogP contribution >= 0.6 is 11.8 Å². The highest BCUT2D eigenvalue weighted by molar-refractivity contribution is 8.14. The lowest BCUT2D eigenvalue weighted by Crippen LogP contribution is -2.67. The van der Waals surface area contributed by atoms with Gasteiger partial charge in [0.1, 0.15) is 0 Å². The van der Waals surface area contributed by atoms with Gasteiger partial charge in [-0.3, -0.25) is 15.0 Å². The lowest BCUT2D eigenvalue weighted by Gasteiger charge is -2.50. The number of hydrazone groups is 1. The third-order valence-corrected chi connectivity index (χ3v) is 8.14. The molecule has 0 radical (unpaired) electrons. The molecule has 2 aromatic rings. The molecule has 1 saturated carbocycles. The van der Waals surface area contributed by atoms with Crippen molar-refractivity contribution >= 4 is 28.7 Å². The Bertz CT molecular complexity index is 1070. The number of amidine groups is 1. The average molecular weight is 492 g/mol. The molecule has 2 amide bonds. The Morgan fingerprint density at radius 1 is 1.09 bits per heavy atom. The Hall–Kier alpha value is -3.00. The first-order chi connectivity index (χ1) is 17.1. The Balaban J connectivity index is 1.22.